The molecule has 2 N–H and O–H groups in total. The van der Waals surface area contributed by atoms with E-state index in [-0.39, 0.29) is 18.4 Å². The van der Waals surface area contributed by atoms with Crippen LogP contribution in [-0.4, -0.2) is 37.5 Å². The first kappa shape index (κ1) is 24.4. The van der Waals surface area contributed by atoms with Crippen molar-refractivity contribution in [2.24, 2.45) is 0 Å². The van der Waals surface area contributed by atoms with E-state index >= 15 is 0 Å². The van der Waals surface area contributed by atoms with Gasteiger partial charge in [0.15, 0.2) is 11.5 Å². The molecule has 194 valence electrons. The van der Waals surface area contributed by atoms with Crippen LogP contribution in [0.25, 0.3) is 0 Å². The van der Waals surface area contributed by atoms with Crippen LogP contribution in [0.2, 0.25) is 0 Å². The third-order valence-corrected chi connectivity index (χ3v) is 7.08. The van der Waals surface area contributed by atoms with Gasteiger partial charge in [-0.05, 0) is 53.1 Å². The van der Waals surface area contributed by atoms with E-state index in [2.05, 4.69) is 15.3 Å². The number of rotatable bonds is 5. The molecule has 0 unspecified atom stereocenters. The predicted molar refractivity (Wildman–Crippen MR) is 137 cm³/mol. The molecule has 10 heteroatoms. The Morgan fingerprint density at radius 2 is 1.64 bits per heavy atom. The minimum Gasteiger partial charge on any atom is -0.334 e. The zero-order valence-corrected chi connectivity index (χ0v) is 20.6. The standard InChI is InChI=1S/C29H22F2N6O2/c30-23-8-4-21(5-9-23)29(22-6-10-24(31)11-7-22)27(39)37(28(32)35-29)14-18-2-1-3-19(12-18)26(38)36-15-20-13-33-17-34-25(20)16-36/h1-13,17H,14-16H2,(H2,32,35). The lowest BCUT2D eigenvalue weighted by Crippen LogP contribution is -2.45. The van der Waals surface area contributed by atoms with Gasteiger partial charge in [-0.2, -0.15) is 0 Å². The number of aromatic nitrogens is 2. The van der Waals surface area contributed by atoms with E-state index in [4.69, 9.17) is 5.41 Å². The number of hydrogen-bond donors (Lipinski definition) is 2. The summed E-state index contributed by atoms with van der Waals surface area (Å²) in [5, 5.41) is 11.6. The van der Waals surface area contributed by atoms with Crippen molar-refractivity contribution in [3.05, 3.63) is 130 Å². The Morgan fingerprint density at radius 3 is 2.28 bits per heavy atom. The van der Waals surface area contributed by atoms with E-state index in [0.29, 0.717) is 35.3 Å². The van der Waals surface area contributed by atoms with Crippen LogP contribution in [0, 0.1) is 17.0 Å². The third-order valence-electron chi connectivity index (χ3n) is 7.08. The lowest BCUT2D eigenvalue weighted by Gasteiger charge is -2.28. The highest BCUT2D eigenvalue weighted by Gasteiger charge is 2.52. The molecular weight excluding hydrogens is 502 g/mol. The van der Waals surface area contributed by atoms with E-state index in [1.54, 1.807) is 35.4 Å². The summed E-state index contributed by atoms with van der Waals surface area (Å²) in [5.74, 6) is -1.77. The number of nitrogens with zero attached hydrogens (tertiary/aromatic N) is 4. The Bertz CT molecular complexity index is 1540. The van der Waals surface area contributed by atoms with Crippen molar-refractivity contribution in [1.29, 1.82) is 5.41 Å². The molecule has 1 aromatic heterocycles. The summed E-state index contributed by atoms with van der Waals surface area (Å²) in [6.07, 6.45) is 3.17. The smallest absolute Gasteiger partial charge is 0.264 e. The summed E-state index contributed by atoms with van der Waals surface area (Å²) in [6, 6.07) is 17.7. The number of nitrogens with one attached hydrogen (secondary N) is 2. The molecule has 0 spiro atoms. The van der Waals surface area contributed by atoms with Crippen molar-refractivity contribution < 1.29 is 18.4 Å². The van der Waals surface area contributed by atoms with Gasteiger partial charge in [0.1, 0.15) is 18.0 Å². The first-order valence-electron chi connectivity index (χ1n) is 12.2. The van der Waals surface area contributed by atoms with Gasteiger partial charge in [-0.3, -0.25) is 19.9 Å². The molecule has 2 amide bonds. The lowest BCUT2D eigenvalue weighted by molar-refractivity contribution is -0.130. The van der Waals surface area contributed by atoms with Crippen molar-refractivity contribution in [2.75, 3.05) is 0 Å². The van der Waals surface area contributed by atoms with Gasteiger partial charge in [-0.1, -0.05) is 36.4 Å². The number of hydrogen-bond acceptors (Lipinski definition) is 5. The third kappa shape index (κ3) is 4.19. The van der Waals surface area contributed by atoms with Gasteiger partial charge < -0.3 is 10.2 Å². The van der Waals surface area contributed by atoms with Crippen molar-refractivity contribution in [3.63, 3.8) is 0 Å². The highest BCUT2D eigenvalue weighted by Crippen LogP contribution is 2.37. The first-order chi connectivity index (χ1) is 18.8. The summed E-state index contributed by atoms with van der Waals surface area (Å²) < 4.78 is 27.5. The largest absolute Gasteiger partial charge is 0.334 e. The van der Waals surface area contributed by atoms with Crippen LogP contribution in [0.15, 0.2) is 85.3 Å². The molecule has 0 saturated carbocycles. The van der Waals surface area contributed by atoms with Crippen molar-refractivity contribution in [2.45, 2.75) is 25.2 Å². The van der Waals surface area contributed by atoms with Crippen LogP contribution in [0.5, 0.6) is 0 Å². The zero-order chi connectivity index (χ0) is 27.1. The summed E-state index contributed by atoms with van der Waals surface area (Å²) in [6.45, 7) is 0.815. The number of guanidine groups is 1. The van der Waals surface area contributed by atoms with Crippen LogP contribution in [-0.2, 0) is 30.0 Å². The number of carbonyl (C=O) groups is 2. The van der Waals surface area contributed by atoms with Crippen LogP contribution >= 0.6 is 0 Å². The summed E-state index contributed by atoms with van der Waals surface area (Å²) in [7, 11) is 0. The summed E-state index contributed by atoms with van der Waals surface area (Å²) in [5.41, 5.74) is 2.08. The van der Waals surface area contributed by atoms with E-state index in [0.717, 1.165) is 11.3 Å². The molecule has 3 aromatic carbocycles. The second-order valence-corrected chi connectivity index (χ2v) is 9.48. The maximum atomic E-state index is 14.0. The molecule has 0 bridgehead atoms. The average Bonchev–Trinajstić information content (AvgIpc) is 3.49. The molecule has 39 heavy (non-hydrogen) atoms. The van der Waals surface area contributed by atoms with E-state index in [9.17, 15) is 18.4 Å². The molecule has 2 aliphatic rings. The maximum Gasteiger partial charge on any atom is 0.264 e. The Labute approximate surface area is 222 Å². The normalized spacial score (nSPS) is 15.8. The van der Waals surface area contributed by atoms with Gasteiger partial charge >= 0.3 is 0 Å². The summed E-state index contributed by atoms with van der Waals surface area (Å²) in [4.78, 5) is 38.5. The molecule has 2 aliphatic heterocycles. The van der Waals surface area contributed by atoms with Crippen LogP contribution in [0.4, 0.5) is 8.78 Å². The molecule has 0 atom stereocenters. The minimum atomic E-state index is -1.55. The number of amides is 2. The first-order valence-corrected chi connectivity index (χ1v) is 12.2. The molecule has 0 aliphatic carbocycles. The number of carbonyl (C=O) groups excluding carboxylic acids is 2. The Balaban J connectivity index is 1.29. The van der Waals surface area contributed by atoms with Gasteiger partial charge in [0.2, 0.25) is 0 Å². The van der Waals surface area contributed by atoms with Crippen LogP contribution in [0.1, 0.15) is 38.3 Å². The highest BCUT2D eigenvalue weighted by atomic mass is 19.1. The fraction of sp³-hybridized carbons (Fsp3) is 0.138. The maximum absolute atomic E-state index is 14.0. The van der Waals surface area contributed by atoms with Gasteiger partial charge in [-0.15, -0.1) is 0 Å². The molecule has 1 fully saturated rings. The topological polar surface area (TPSA) is 102 Å². The van der Waals surface area contributed by atoms with Crippen LogP contribution < -0.4 is 5.32 Å². The van der Waals surface area contributed by atoms with E-state index in [1.807, 2.05) is 0 Å². The number of fused-ring (bicyclic) bond motifs is 1. The van der Waals surface area contributed by atoms with Gasteiger partial charge in [0.25, 0.3) is 11.8 Å². The SMILES string of the molecule is N=C1NC(c2ccc(F)cc2)(c2ccc(F)cc2)C(=O)N1Cc1cccc(C(=O)N2Cc3cncnc3C2)c1. The number of benzene rings is 3. The molecule has 0 radical (unpaired) electrons. The zero-order valence-electron chi connectivity index (χ0n) is 20.6. The Hall–Kier alpha value is -4.99. The second kappa shape index (κ2) is 9.39. The average molecular weight is 525 g/mol. The van der Waals surface area contributed by atoms with Gasteiger partial charge in [0.05, 0.1) is 18.8 Å². The fourth-order valence-electron chi connectivity index (χ4n) is 5.12. The molecule has 3 heterocycles. The Kier molecular flexibility index (Phi) is 5.86. The quantitative estimate of drug-likeness (QED) is 0.414. The van der Waals surface area contributed by atoms with Crippen molar-refractivity contribution >= 4 is 17.8 Å². The highest BCUT2D eigenvalue weighted by molar-refractivity contribution is 6.10. The van der Waals surface area contributed by atoms with E-state index < -0.39 is 23.1 Å². The molecule has 1 saturated heterocycles. The van der Waals surface area contributed by atoms with Crippen molar-refractivity contribution in [1.82, 2.24) is 25.1 Å². The monoisotopic (exact) mass is 524 g/mol. The molecule has 8 nitrogen and oxygen atoms in total. The molecule has 4 aromatic rings. The molecular formula is C29H22F2N6O2. The summed E-state index contributed by atoms with van der Waals surface area (Å²) >= 11 is 0. The van der Waals surface area contributed by atoms with Gasteiger partial charge in [0, 0.05) is 23.9 Å². The van der Waals surface area contributed by atoms with Gasteiger partial charge in [-0.25, -0.2) is 18.7 Å². The second-order valence-electron chi connectivity index (χ2n) is 9.48. The lowest BCUT2D eigenvalue weighted by atomic mass is 9.82. The number of halogens is 2. The molecule has 6 rings (SSSR count). The van der Waals surface area contributed by atoms with E-state index in [1.165, 1.54) is 59.8 Å². The fourth-order valence-corrected chi connectivity index (χ4v) is 5.12. The predicted octanol–water partition coefficient (Wildman–Crippen LogP) is 3.72. The Morgan fingerprint density at radius 1 is 0.974 bits per heavy atom. The van der Waals surface area contributed by atoms with Crippen LogP contribution in [0.3, 0.4) is 0 Å². The minimum absolute atomic E-state index is 0.0155. The van der Waals surface area contributed by atoms with Crippen molar-refractivity contribution in [3.8, 4) is 0 Å².